The molecule has 1 aromatic heterocycles. The summed E-state index contributed by atoms with van der Waals surface area (Å²) in [7, 11) is 1.47. The highest BCUT2D eigenvalue weighted by Gasteiger charge is 2.25. The molecule has 1 N–H and O–H groups in total. The summed E-state index contributed by atoms with van der Waals surface area (Å²) in [6.45, 7) is 2.03. The van der Waals surface area contributed by atoms with E-state index in [4.69, 9.17) is 9.47 Å². The predicted molar refractivity (Wildman–Crippen MR) is 95.7 cm³/mol. The van der Waals surface area contributed by atoms with E-state index in [0.717, 1.165) is 16.3 Å². The van der Waals surface area contributed by atoms with Crippen molar-refractivity contribution in [2.45, 2.75) is 13.0 Å². The highest BCUT2D eigenvalue weighted by molar-refractivity contribution is 5.87. The van der Waals surface area contributed by atoms with Gasteiger partial charge in [0.2, 0.25) is 5.88 Å². The fraction of sp³-hybridized carbons (Fsp3) is 0.200. The molecule has 0 spiro atoms. The van der Waals surface area contributed by atoms with Crippen LogP contribution in [-0.2, 0) is 9.53 Å². The first-order valence-electron chi connectivity index (χ1n) is 8.02. The Labute approximate surface area is 145 Å². The molecule has 0 aliphatic rings. The van der Waals surface area contributed by atoms with Gasteiger partial charge < -0.3 is 14.6 Å². The highest BCUT2D eigenvalue weighted by atomic mass is 16.5. The number of rotatable bonds is 6. The molecule has 128 valence electrons. The Morgan fingerprint density at radius 3 is 2.56 bits per heavy atom. The zero-order valence-corrected chi connectivity index (χ0v) is 14.1. The smallest absolute Gasteiger partial charge is 0.337 e. The van der Waals surface area contributed by atoms with Gasteiger partial charge in [-0.2, -0.15) is 0 Å². The molecule has 3 aromatic rings. The number of nitrogens with zero attached hydrogens (tertiary/aromatic N) is 1. The summed E-state index contributed by atoms with van der Waals surface area (Å²) in [4.78, 5) is 15.9. The topological polar surface area (TPSA) is 68.7 Å². The van der Waals surface area contributed by atoms with Crippen molar-refractivity contribution in [2.24, 2.45) is 0 Å². The molecule has 1 atom stereocenters. The number of benzene rings is 2. The van der Waals surface area contributed by atoms with Crippen LogP contribution in [0, 0.1) is 0 Å². The van der Waals surface area contributed by atoms with E-state index in [1.165, 1.54) is 7.11 Å². The number of hydrogen-bond acceptors (Lipinski definition) is 4. The van der Waals surface area contributed by atoms with Crippen LogP contribution in [0.15, 0.2) is 54.6 Å². The van der Waals surface area contributed by atoms with Gasteiger partial charge >= 0.3 is 5.97 Å². The Hall–Kier alpha value is -2.92. The number of methoxy groups -OCH3 is 1. The standard InChI is InChI=1S/C20H19NO4/c1-3-25-18(20(22)23)16-10-11-17(21-19(16)24-2)15-9-8-13-6-4-5-7-14(13)12-15/h4-12,18H,3H2,1-2H3,(H,22,23). The van der Waals surface area contributed by atoms with Crippen molar-refractivity contribution in [2.75, 3.05) is 13.7 Å². The number of aromatic nitrogens is 1. The molecule has 0 fully saturated rings. The summed E-state index contributed by atoms with van der Waals surface area (Å²) >= 11 is 0. The van der Waals surface area contributed by atoms with Crippen LogP contribution in [0.2, 0.25) is 0 Å². The van der Waals surface area contributed by atoms with Gasteiger partial charge in [0.1, 0.15) is 0 Å². The van der Waals surface area contributed by atoms with Crippen LogP contribution in [0.4, 0.5) is 0 Å². The first-order valence-corrected chi connectivity index (χ1v) is 8.02. The molecule has 2 aromatic carbocycles. The van der Waals surface area contributed by atoms with Crippen LogP contribution < -0.4 is 4.74 Å². The Balaban J connectivity index is 2.04. The summed E-state index contributed by atoms with van der Waals surface area (Å²) in [5.41, 5.74) is 2.06. The number of hydrogen-bond donors (Lipinski definition) is 1. The van der Waals surface area contributed by atoms with Gasteiger partial charge in [0, 0.05) is 12.2 Å². The third-order valence-corrected chi connectivity index (χ3v) is 3.97. The Morgan fingerprint density at radius 1 is 1.12 bits per heavy atom. The molecule has 0 amide bonds. The van der Waals surface area contributed by atoms with Crippen LogP contribution in [-0.4, -0.2) is 29.8 Å². The maximum atomic E-state index is 11.5. The van der Waals surface area contributed by atoms with Gasteiger partial charge in [-0.15, -0.1) is 0 Å². The summed E-state index contributed by atoms with van der Waals surface area (Å²) in [5.74, 6) is -0.813. The van der Waals surface area contributed by atoms with Gasteiger partial charge in [-0.25, -0.2) is 9.78 Å². The van der Waals surface area contributed by atoms with Gasteiger partial charge in [-0.1, -0.05) is 36.4 Å². The molecule has 3 rings (SSSR count). The third kappa shape index (κ3) is 3.46. The van der Waals surface area contributed by atoms with E-state index in [2.05, 4.69) is 11.1 Å². The number of carboxylic acid groups (broad SMARTS) is 1. The van der Waals surface area contributed by atoms with E-state index >= 15 is 0 Å². The number of carboxylic acids is 1. The van der Waals surface area contributed by atoms with Gasteiger partial charge in [0.05, 0.1) is 18.4 Å². The molecule has 0 bridgehead atoms. The highest BCUT2D eigenvalue weighted by Crippen LogP contribution is 2.30. The predicted octanol–water partition coefficient (Wildman–Crippen LogP) is 4.07. The van der Waals surface area contributed by atoms with Crippen LogP contribution in [0.25, 0.3) is 22.0 Å². The monoisotopic (exact) mass is 337 g/mol. The first kappa shape index (κ1) is 16.9. The van der Waals surface area contributed by atoms with E-state index in [0.29, 0.717) is 11.3 Å². The Kier molecular flexibility index (Phi) is 4.95. The molecule has 25 heavy (non-hydrogen) atoms. The van der Waals surface area contributed by atoms with Crippen LogP contribution in [0.1, 0.15) is 18.6 Å². The van der Waals surface area contributed by atoms with E-state index in [1.54, 1.807) is 19.1 Å². The minimum atomic E-state index is -1.10. The average Bonchev–Trinajstić information content (AvgIpc) is 2.65. The summed E-state index contributed by atoms with van der Waals surface area (Å²) in [6, 6.07) is 17.6. The molecule has 0 aliphatic carbocycles. The Morgan fingerprint density at radius 2 is 1.88 bits per heavy atom. The summed E-state index contributed by atoms with van der Waals surface area (Å²) in [6.07, 6.45) is -1.10. The van der Waals surface area contributed by atoms with Gasteiger partial charge in [-0.3, -0.25) is 0 Å². The van der Waals surface area contributed by atoms with Crippen LogP contribution in [0.3, 0.4) is 0 Å². The molecule has 1 heterocycles. The van der Waals surface area contributed by atoms with Crippen molar-refractivity contribution in [1.29, 1.82) is 0 Å². The first-order chi connectivity index (χ1) is 12.1. The summed E-state index contributed by atoms with van der Waals surface area (Å²) < 4.78 is 10.6. The van der Waals surface area contributed by atoms with E-state index in [1.807, 2.05) is 36.4 Å². The van der Waals surface area contributed by atoms with Crippen LogP contribution in [0.5, 0.6) is 5.88 Å². The molecule has 1 unspecified atom stereocenters. The lowest BCUT2D eigenvalue weighted by Crippen LogP contribution is -2.16. The molecular formula is C20H19NO4. The SMILES string of the molecule is CCOC(C(=O)O)c1ccc(-c2ccc3ccccc3c2)nc1OC. The van der Waals surface area contributed by atoms with E-state index in [-0.39, 0.29) is 12.5 Å². The van der Waals surface area contributed by atoms with Crippen LogP contribution >= 0.6 is 0 Å². The van der Waals surface area contributed by atoms with Gasteiger partial charge in [0.25, 0.3) is 0 Å². The zero-order chi connectivity index (χ0) is 17.8. The maximum Gasteiger partial charge on any atom is 0.337 e. The van der Waals surface area contributed by atoms with E-state index < -0.39 is 12.1 Å². The fourth-order valence-electron chi connectivity index (χ4n) is 2.78. The number of pyridine rings is 1. The van der Waals surface area contributed by atoms with Crippen molar-refractivity contribution < 1.29 is 19.4 Å². The zero-order valence-electron chi connectivity index (χ0n) is 14.1. The molecule has 0 aliphatic heterocycles. The number of aliphatic carboxylic acids is 1. The quantitative estimate of drug-likeness (QED) is 0.734. The van der Waals surface area contributed by atoms with E-state index in [9.17, 15) is 9.90 Å². The van der Waals surface area contributed by atoms with Crippen molar-refractivity contribution in [3.05, 3.63) is 60.2 Å². The fourth-order valence-corrected chi connectivity index (χ4v) is 2.78. The molecule has 5 nitrogen and oxygen atoms in total. The molecular weight excluding hydrogens is 318 g/mol. The van der Waals surface area contributed by atoms with Gasteiger partial charge in [-0.05, 0) is 35.9 Å². The number of carbonyl (C=O) groups is 1. The van der Waals surface area contributed by atoms with Crippen molar-refractivity contribution in [3.8, 4) is 17.1 Å². The lowest BCUT2D eigenvalue weighted by Gasteiger charge is -2.16. The molecule has 0 saturated heterocycles. The van der Waals surface area contributed by atoms with Crippen molar-refractivity contribution in [3.63, 3.8) is 0 Å². The second-order valence-corrected chi connectivity index (χ2v) is 5.53. The average molecular weight is 337 g/mol. The normalized spacial score (nSPS) is 12.1. The minimum Gasteiger partial charge on any atom is -0.481 e. The summed E-state index contributed by atoms with van der Waals surface area (Å²) in [5, 5.41) is 11.6. The lowest BCUT2D eigenvalue weighted by atomic mass is 10.0. The largest absolute Gasteiger partial charge is 0.481 e. The lowest BCUT2D eigenvalue weighted by molar-refractivity contribution is -0.150. The number of ether oxygens (including phenoxy) is 2. The van der Waals surface area contributed by atoms with Crippen molar-refractivity contribution in [1.82, 2.24) is 4.98 Å². The Bertz CT molecular complexity index is 907. The second-order valence-electron chi connectivity index (χ2n) is 5.53. The number of fused-ring (bicyclic) bond motifs is 1. The maximum absolute atomic E-state index is 11.5. The second kappa shape index (κ2) is 7.32. The van der Waals surface area contributed by atoms with Crippen molar-refractivity contribution >= 4 is 16.7 Å². The molecule has 0 radical (unpaired) electrons. The minimum absolute atomic E-state index is 0.256. The molecule has 5 heteroatoms. The third-order valence-electron chi connectivity index (χ3n) is 3.97. The molecule has 0 saturated carbocycles. The van der Waals surface area contributed by atoms with Gasteiger partial charge in [0.15, 0.2) is 6.10 Å².